The van der Waals surface area contributed by atoms with Crippen LogP contribution in [0, 0.1) is 0 Å². The topological polar surface area (TPSA) is 43.6 Å². The number of nitrogens with zero attached hydrogens (tertiary/aromatic N) is 4. The van der Waals surface area contributed by atoms with E-state index in [2.05, 4.69) is 127 Å². The second-order valence-corrected chi connectivity index (χ2v) is 10.6. The van der Waals surface area contributed by atoms with Crippen molar-refractivity contribution in [2.75, 3.05) is 0 Å². The van der Waals surface area contributed by atoms with Gasteiger partial charge in [-0.3, -0.25) is 0 Å². The van der Waals surface area contributed by atoms with E-state index in [0.29, 0.717) is 0 Å². The van der Waals surface area contributed by atoms with Crippen molar-refractivity contribution in [3.63, 3.8) is 0 Å². The molecular formula is C36H22CoN4. The van der Waals surface area contributed by atoms with Gasteiger partial charge in [0.15, 0.2) is 0 Å². The van der Waals surface area contributed by atoms with Crippen LogP contribution < -0.4 is 0 Å². The molecule has 0 atom stereocenters. The SMILES string of the molecule is Cn1c2cc3cccc(c4ccc5ccc6ccc(nc6c5n4)c4cccc5cc(nc54)c2-c2ccccc2)c31.[Co]. The quantitative estimate of drug-likeness (QED) is 0.185. The first kappa shape index (κ1) is 24.0. The van der Waals surface area contributed by atoms with Crippen molar-refractivity contribution in [3.05, 3.63) is 115 Å². The first-order valence-corrected chi connectivity index (χ1v) is 13.5. The van der Waals surface area contributed by atoms with Crippen LogP contribution >= 0.6 is 0 Å². The largest absolute Gasteiger partial charge is 0.343 e. The molecule has 5 heteroatoms. The summed E-state index contributed by atoms with van der Waals surface area (Å²) in [6, 6.07) is 40.8. The number of para-hydroxylation sites is 2. The molecule has 5 heterocycles. The van der Waals surface area contributed by atoms with E-state index >= 15 is 0 Å². The Balaban J connectivity index is 0.00000256. The van der Waals surface area contributed by atoms with Gasteiger partial charge in [0, 0.05) is 61.7 Å². The zero-order valence-electron chi connectivity index (χ0n) is 22.1. The van der Waals surface area contributed by atoms with Crippen LogP contribution in [0.15, 0.2) is 115 Å². The van der Waals surface area contributed by atoms with Crippen LogP contribution in [0.25, 0.3) is 87.6 Å². The molecule has 4 aromatic carbocycles. The molecule has 9 aromatic rings. The fraction of sp³-hybridized carbons (Fsp3) is 0.0278. The zero-order chi connectivity index (χ0) is 26.4. The molecule has 0 amide bonds. The first-order valence-electron chi connectivity index (χ1n) is 13.5. The van der Waals surface area contributed by atoms with Crippen LogP contribution in [0.1, 0.15) is 0 Å². The summed E-state index contributed by atoms with van der Waals surface area (Å²) in [5, 5.41) is 6.56. The predicted octanol–water partition coefficient (Wildman–Crippen LogP) is 8.95. The van der Waals surface area contributed by atoms with Crippen LogP contribution in [-0.2, 0) is 23.8 Å². The molecule has 0 N–H and O–H groups in total. The summed E-state index contributed by atoms with van der Waals surface area (Å²) in [6.45, 7) is 0. The Morgan fingerprint density at radius 1 is 0.488 bits per heavy atom. The van der Waals surface area contributed by atoms with Crippen LogP contribution in [-0.4, -0.2) is 19.5 Å². The van der Waals surface area contributed by atoms with Gasteiger partial charge in [-0.05, 0) is 29.8 Å². The smallest absolute Gasteiger partial charge is 0.0972 e. The maximum atomic E-state index is 5.31. The van der Waals surface area contributed by atoms with Crippen molar-refractivity contribution in [1.82, 2.24) is 19.5 Å². The molecular weight excluding hydrogens is 547 g/mol. The Morgan fingerprint density at radius 2 is 1.10 bits per heavy atom. The van der Waals surface area contributed by atoms with Gasteiger partial charge in [0.1, 0.15) is 0 Å². The van der Waals surface area contributed by atoms with Crippen LogP contribution in [0.2, 0.25) is 0 Å². The Kier molecular flexibility index (Phi) is 5.17. The first-order chi connectivity index (χ1) is 19.7. The van der Waals surface area contributed by atoms with Gasteiger partial charge in [0.2, 0.25) is 0 Å². The molecule has 8 bridgehead atoms. The molecule has 0 fully saturated rings. The van der Waals surface area contributed by atoms with Crippen molar-refractivity contribution in [2.24, 2.45) is 7.05 Å². The third-order valence-corrected chi connectivity index (χ3v) is 8.29. The van der Waals surface area contributed by atoms with Gasteiger partial charge >= 0.3 is 0 Å². The minimum absolute atomic E-state index is 0. The molecule has 0 saturated carbocycles. The second-order valence-electron chi connectivity index (χ2n) is 10.6. The molecule has 0 saturated heterocycles. The number of rotatable bonds is 1. The van der Waals surface area contributed by atoms with Gasteiger partial charge in [0.05, 0.1) is 44.1 Å². The fourth-order valence-electron chi connectivity index (χ4n) is 6.40. The molecule has 0 unspecified atom stereocenters. The normalized spacial score (nSPS) is 11.8. The van der Waals surface area contributed by atoms with E-state index in [1.165, 1.54) is 5.39 Å². The van der Waals surface area contributed by atoms with Crippen molar-refractivity contribution in [2.45, 2.75) is 0 Å². The monoisotopic (exact) mass is 569 g/mol. The number of fused-ring (bicyclic) bond motifs is 6. The van der Waals surface area contributed by atoms with E-state index in [1.54, 1.807) is 0 Å². The molecule has 0 aliphatic rings. The van der Waals surface area contributed by atoms with Crippen LogP contribution in [0.5, 0.6) is 0 Å². The summed E-state index contributed by atoms with van der Waals surface area (Å²) in [5.74, 6) is 0. The van der Waals surface area contributed by atoms with E-state index in [0.717, 1.165) is 82.2 Å². The number of aryl methyl sites for hydroxylation is 1. The molecule has 0 aliphatic carbocycles. The van der Waals surface area contributed by atoms with Crippen molar-refractivity contribution < 1.29 is 16.8 Å². The molecule has 0 aliphatic heterocycles. The Morgan fingerprint density at radius 3 is 1.83 bits per heavy atom. The van der Waals surface area contributed by atoms with Gasteiger partial charge in [0.25, 0.3) is 0 Å². The van der Waals surface area contributed by atoms with E-state index in [-0.39, 0.29) is 16.8 Å². The number of hydrogen-bond acceptors (Lipinski definition) is 3. The molecule has 195 valence electrons. The van der Waals surface area contributed by atoms with Gasteiger partial charge < -0.3 is 4.57 Å². The number of hydrogen-bond donors (Lipinski definition) is 0. The Bertz CT molecular complexity index is 2500. The Labute approximate surface area is 245 Å². The summed E-state index contributed by atoms with van der Waals surface area (Å²) in [6.07, 6.45) is 0. The Hall–Kier alpha value is -4.84. The average molecular weight is 570 g/mol. The van der Waals surface area contributed by atoms with Gasteiger partial charge in [-0.25, -0.2) is 15.0 Å². The van der Waals surface area contributed by atoms with Crippen molar-refractivity contribution in [1.29, 1.82) is 0 Å². The summed E-state index contributed by atoms with van der Waals surface area (Å²) >= 11 is 0. The van der Waals surface area contributed by atoms with E-state index in [9.17, 15) is 0 Å². The zero-order valence-corrected chi connectivity index (χ0v) is 23.1. The number of benzene rings is 4. The second kappa shape index (κ2) is 8.83. The van der Waals surface area contributed by atoms with Gasteiger partial charge in [-0.2, -0.15) is 0 Å². The summed E-state index contributed by atoms with van der Waals surface area (Å²) in [7, 11) is 2.15. The summed E-state index contributed by atoms with van der Waals surface area (Å²) in [5.41, 5.74) is 10.1. The van der Waals surface area contributed by atoms with Crippen LogP contribution in [0.4, 0.5) is 0 Å². The predicted molar refractivity (Wildman–Crippen MR) is 167 cm³/mol. The molecule has 0 spiro atoms. The fourth-order valence-corrected chi connectivity index (χ4v) is 6.40. The maximum absolute atomic E-state index is 5.31. The maximum Gasteiger partial charge on any atom is 0.0972 e. The summed E-state index contributed by atoms with van der Waals surface area (Å²) < 4.78 is 2.30. The standard InChI is InChI=1S/C36H22N4.Co/c1-40-31-20-25-10-6-12-27(36(25)40)29-18-16-23-14-13-22-15-17-28(37-34(22)35(23)38-29)26-11-5-9-24-19-30(39-33(24)26)32(31)21-7-3-2-4-8-21;/h2-20H,1H3;. The van der Waals surface area contributed by atoms with Crippen LogP contribution in [0.3, 0.4) is 0 Å². The van der Waals surface area contributed by atoms with Gasteiger partial charge in [-0.1, -0.05) is 91.0 Å². The van der Waals surface area contributed by atoms with E-state index < -0.39 is 0 Å². The number of aromatic nitrogens is 4. The molecule has 9 rings (SSSR count). The average Bonchev–Trinajstić information content (AvgIpc) is 3.58. The van der Waals surface area contributed by atoms with Crippen molar-refractivity contribution >= 4 is 76.5 Å². The molecule has 41 heavy (non-hydrogen) atoms. The van der Waals surface area contributed by atoms with E-state index in [4.69, 9.17) is 15.0 Å². The van der Waals surface area contributed by atoms with E-state index in [1.807, 2.05) is 0 Å². The van der Waals surface area contributed by atoms with Crippen molar-refractivity contribution in [3.8, 4) is 11.1 Å². The summed E-state index contributed by atoms with van der Waals surface area (Å²) in [4.78, 5) is 15.8. The number of pyridine rings is 2. The molecule has 4 nitrogen and oxygen atoms in total. The third kappa shape index (κ3) is 3.43. The van der Waals surface area contributed by atoms with Gasteiger partial charge in [-0.15, -0.1) is 0 Å². The minimum atomic E-state index is 0. The molecule has 5 aromatic heterocycles. The minimum Gasteiger partial charge on any atom is -0.343 e. The third-order valence-electron chi connectivity index (χ3n) is 8.29. The molecule has 1 radical (unpaired) electrons.